The van der Waals surface area contributed by atoms with E-state index in [1.54, 1.807) is 12.1 Å². The van der Waals surface area contributed by atoms with Gasteiger partial charge >= 0.3 is 0 Å². The molecule has 0 bridgehead atoms. The number of sulfonamides is 1. The first-order valence-corrected chi connectivity index (χ1v) is 8.62. The predicted molar refractivity (Wildman–Crippen MR) is 78.6 cm³/mol. The first kappa shape index (κ1) is 15.7. The fourth-order valence-electron chi connectivity index (χ4n) is 1.55. The van der Waals surface area contributed by atoms with Crippen LogP contribution in [0, 0.1) is 0 Å². The van der Waals surface area contributed by atoms with Gasteiger partial charge in [-0.25, -0.2) is 13.1 Å². The average molecular weight is 334 g/mol. The van der Waals surface area contributed by atoms with Crippen LogP contribution >= 0.6 is 15.9 Å². The number of aryl methyl sites for hydroxylation is 1. The minimum absolute atomic E-state index is 0.173. The summed E-state index contributed by atoms with van der Waals surface area (Å²) in [6, 6.07) is 7.10. The lowest BCUT2D eigenvalue weighted by atomic mass is 10.1. The Balaban J connectivity index is 2.72. The molecule has 1 unspecified atom stereocenters. The third kappa shape index (κ3) is 4.71. The van der Waals surface area contributed by atoms with E-state index < -0.39 is 10.0 Å². The van der Waals surface area contributed by atoms with Crippen LogP contribution in [0.2, 0.25) is 0 Å². The number of halogens is 1. The van der Waals surface area contributed by atoms with Crippen molar-refractivity contribution in [3.05, 3.63) is 29.8 Å². The van der Waals surface area contributed by atoms with E-state index in [0.717, 1.165) is 19.3 Å². The summed E-state index contributed by atoms with van der Waals surface area (Å²) in [7, 11) is -3.38. The summed E-state index contributed by atoms with van der Waals surface area (Å²) in [6.07, 6.45) is 2.93. The zero-order valence-corrected chi connectivity index (χ0v) is 13.2. The number of rotatable bonds is 7. The van der Waals surface area contributed by atoms with Gasteiger partial charge < -0.3 is 0 Å². The van der Waals surface area contributed by atoms with E-state index in [9.17, 15) is 8.42 Å². The van der Waals surface area contributed by atoms with Crippen LogP contribution in [0.3, 0.4) is 0 Å². The van der Waals surface area contributed by atoms with E-state index in [1.807, 2.05) is 19.1 Å². The molecule has 1 aromatic rings. The highest BCUT2D eigenvalue weighted by molar-refractivity contribution is 9.09. The SMILES string of the molecule is CCCc1ccc(S(=O)(=O)NCC(Br)CC)cc1. The van der Waals surface area contributed by atoms with Crippen LogP contribution < -0.4 is 4.72 Å². The maximum absolute atomic E-state index is 12.0. The molecule has 0 radical (unpaired) electrons. The van der Waals surface area contributed by atoms with Crippen molar-refractivity contribution in [2.45, 2.75) is 42.8 Å². The van der Waals surface area contributed by atoms with E-state index in [2.05, 4.69) is 27.6 Å². The molecule has 1 aromatic carbocycles. The lowest BCUT2D eigenvalue weighted by Crippen LogP contribution is -2.29. The van der Waals surface area contributed by atoms with Crippen molar-refractivity contribution in [3.8, 4) is 0 Å². The molecule has 0 aliphatic heterocycles. The molecule has 18 heavy (non-hydrogen) atoms. The molecule has 0 aliphatic rings. The molecule has 0 aromatic heterocycles. The summed E-state index contributed by atoms with van der Waals surface area (Å²) in [5.74, 6) is 0. The lowest BCUT2D eigenvalue weighted by molar-refractivity contribution is 0.580. The van der Waals surface area contributed by atoms with Gasteiger partial charge in [0.25, 0.3) is 0 Å². The summed E-state index contributed by atoms with van der Waals surface area (Å²) < 4.78 is 26.6. The van der Waals surface area contributed by atoms with Gasteiger partial charge in [-0.1, -0.05) is 48.3 Å². The second-order valence-electron chi connectivity index (χ2n) is 4.25. The average Bonchev–Trinajstić information content (AvgIpc) is 2.37. The van der Waals surface area contributed by atoms with Crippen molar-refractivity contribution in [3.63, 3.8) is 0 Å². The van der Waals surface area contributed by atoms with E-state index >= 15 is 0 Å². The van der Waals surface area contributed by atoms with E-state index in [-0.39, 0.29) is 4.83 Å². The van der Waals surface area contributed by atoms with Crippen molar-refractivity contribution in [2.75, 3.05) is 6.54 Å². The van der Waals surface area contributed by atoms with Crippen LogP contribution in [0.25, 0.3) is 0 Å². The van der Waals surface area contributed by atoms with Crippen molar-refractivity contribution in [2.24, 2.45) is 0 Å². The largest absolute Gasteiger partial charge is 0.240 e. The van der Waals surface area contributed by atoms with Gasteiger partial charge in [0.2, 0.25) is 10.0 Å². The van der Waals surface area contributed by atoms with Crippen LogP contribution in [0.5, 0.6) is 0 Å². The van der Waals surface area contributed by atoms with Gasteiger partial charge in [-0.05, 0) is 30.5 Å². The highest BCUT2D eigenvalue weighted by atomic mass is 79.9. The van der Waals surface area contributed by atoms with Crippen molar-refractivity contribution in [1.29, 1.82) is 0 Å². The number of nitrogens with one attached hydrogen (secondary N) is 1. The Bertz CT molecular complexity index is 456. The first-order chi connectivity index (χ1) is 8.49. The molecule has 0 heterocycles. The molecule has 0 fully saturated rings. The first-order valence-electron chi connectivity index (χ1n) is 6.22. The molecule has 1 N–H and O–H groups in total. The topological polar surface area (TPSA) is 46.2 Å². The van der Waals surface area contributed by atoms with Gasteiger partial charge in [-0.3, -0.25) is 0 Å². The van der Waals surface area contributed by atoms with Crippen LogP contribution in [0.1, 0.15) is 32.3 Å². The van der Waals surface area contributed by atoms with E-state index in [1.165, 1.54) is 5.56 Å². The summed E-state index contributed by atoms with van der Waals surface area (Å²) in [4.78, 5) is 0.504. The third-order valence-corrected chi connectivity index (χ3v) is 5.12. The zero-order valence-electron chi connectivity index (χ0n) is 10.8. The molecule has 5 heteroatoms. The fraction of sp³-hybridized carbons (Fsp3) is 0.538. The summed E-state index contributed by atoms with van der Waals surface area (Å²) in [6.45, 7) is 4.52. The van der Waals surface area contributed by atoms with E-state index in [0.29, 0.717) is 11.4 Å². The number of hydrogen-bond donors (Lipinski definition) is 1. The monoisotopic (exact) mass is 333 g/mol. The van der Waals surface area contributed by atoms with Crippen LogP contribution in [-0.2, 0) is 16.4 Å². The van der Waals surface area contributed by atoms with Gasteiger partial charge in [-0.15, -0.1) is 0 Å². The molecule has 0 aliphatic carbocycles. The van der Waals surface area contributed by atoms with Crippen LogP contribution in [0.15, 0.2) is 29.2 Å². The Morgan fingerprint density at radius 2 is 1.83 bits per heavy atom. The summed E-state index contributed by atoms with van der Waals surface area (Å²) in [5, 5.41) is 0. The maximum atomic E-state index is 12.0. The third-order valence-electron chi connectivity index (χ3n) is 2.71. The molecule has 102 valence electrons. The molecule has 0 amide bonds. The Labute approximate surface area is 118 Å². The Morgan fingerprint density at radius 3 is 2.33 bits per heavy atom. The quantitative estimate of drug-likeness (QED) is 0.779. The smallest absolute Gasteiger partial charge is 0.210 e. The number of alkyl halides is 1. The molecule has 1 rings (SSSR count). The van der Waals surface area contributed by atoms with Crippen molar-refractivity contribution in [1.82, 2.24) is 4.72 Å². The maximum Gasteiger partial charge on any atom is 0.240 e. The van der Waals surface area contributed by atoms with Gasteiger partial charge in [0.1, 0.15) is 0 Å². The minimum Gasteiger partial charge on any atom is -0.210 e. The number of benzene rings is 1. The van der Waals surface area contributed by atoms with Crippen LogP contribution in [-0.4, -0.2) is 19.8 Å². The van der Waals surface area contributed by atoms with E-state index in [4.69, 9.17) is 0 Å². The summed E-state index contributed by atoms with van der Waals surface area (Å²) in [5.41, 5.74) is 1.17. The lowest BCUT2D eigenvalue weighted by Gasteiger charge is -2.10. The normalized spacial score (nSPS) is 13.5. The van der Waals surface area contributed by atoms with Gasteiger partial charge in [-0.2, -0.15) is 0 Å². The highest BCUT2D eigenvalue weighted by Crippen LogP contribution is 2.12. The second-order valence-corrected chi connectivity index (χ2v) is 7.31. The van der Waals surface area contributed by atoms with Crippen LogP contribution in [0.4, 0.5) is 0 Å². The Hall–Kier alpha value is -0.390. The Morgan fingerprint density at radius 1 is 1.22 bits per heavy atom. The molecule has 3 nitrogen and oxygen atoms in total. The van der Waals surface area contributed by atoms with Crippen molar-refractivity contribution < 1.29 is 8.42 Å². The molecule has 1 atom stereocenters. The van der Waals surface area contributed by atoms with Gasteiger partial charge in [0.15, 0.2) is 0 Å². The summed E-state index contributed by atoms with van der Waals surface area (Å²) >= 11 is 3.41. The predicted octanol–water partition coefficient (Wildman–Crippen LogP) is 3.09. The molecule has 0 saturated heterocycles. The molecular formula is C13H20BrNO2S. The van der Waals surface area contributed by atoms with Gasteiger partial charge in [0.05, 0.1) is 4.90 Å². The number of hydrogen-bond acceptors (Lipinski definition) is 2. The zero-order chi connectivity index (χ0) is 13.6. The van der Waals surface area contributed by atoms with Crippen molar-refractivity contribution >= 4 is 26.0 Å². The minimum atomic E-state index is -3.38. The standard InChI is InChI=1S/C13H20BrNO2S/c1-3-5-11-6-8-13(9-7-11)18(16,17)15-10-12(14)4-2/h6-9,12,15H,3-5,10H2,1-2H3. The van der Waals surface area contributed by atoms with Gasteiger partial charge in [0, 0.05) is 11.4 Å². The molecule has 0 spiro atoms. The molecular weight excluding hydrogens is 314 g/mol. The second kappa shape index (κ2) is 7.26. The molecule has 0 saturated carbocycles. The fourth-order valence-corrected chi connectivity index (χ4v) is 3.01. The highest BCUT2D eigenvalue weighted by Gasteiger charge is 2.14. The Kier molecular flexibility index (Phi) is 6.32.